The van der Waals surface area contributed by atoms with Crippen LogP contribution in [0.15, 0.2) is 12.3 Å². The van der Waals surface area contributed by atoms with E-state index in [-0.39, 0.29) is 6.04 Å². The topological polar surface area (TPSA) is 42.1 Å². The second-order valence-corrected chi connectivity index (χ2v) is 4.96. The van der Waals surface area contributed by atoms with Crippen molar-refractivity contribution in [1.82, 2.24) is 4.98 Å². The fourth-order valence-corrected chi connectivity index (χ4v) is 2.46. The number of nitrogens with zero attached hydrogens (tertiary/aromatic N) is 2. The number of piperidine rings is 1. The maximum absolute atomic E-state index is 6.07. The number of nitrogens with two attached hydrogens (primary N) is 1. The standard InChI is InChI=1S/C14H23N3/c1-3-13(15)12-10-16-14(9-11(12)2)17-7-5-4-6-8-17/h9-10,13H,3-8,15H2,1-2H3. The first kappa shape index (κ1) is 12.4. The van der Waals surface area contributed by atoms with E-state index < -0.39 is 0 Å². The average Bonchev–Trinajstić information content (AvgIpc) is 2.39. The number of hydrogen-bond acceptors (Lipinski definition) is 3. The summed E-state index contributed by atoms with van der Waals surface area (Å²) in [4.78, 5) is 6.96. The van der Waals surface area contributed by atoms with Gasteiger partial charge in [-0.15, -0.1) is 0 Å². The van der Waals surface area contributed by atoms with Crippen LogP contribution in [0.25, 0.3) is 0 Å². The van der Waals surface area contributed by atoms with Crippen LogP contribution in [0.5, 0.6) is 0 Å². The molecule has 0 aliphatic carbocycles. The van der Waals surface area contributed by atoms with Crippen LogP contribution in [0.1, 0.15) is 49.8 Å². The van der Waals surface area contributed by atoms with Gasteiger partial charge in [0.1, 0.15) is 5.82 Å². The van der Waals surface area contributed by atoms with Gasteiger partial charge >= 0.3 is 0 Å². The van der Waals surface area contributed by atoms with Crippen LogP contribution in [0, 0.1) is 6.92 Å². The summed E-state index contributed by atoms with van der Waals surface area (Å²) in [6.07, 6.45) is 6.86. The van der Waals surface area contributed by atoms with Crippen molar-refractivity contribution in [3.8, 4) is 0 Å². The molecule has 1 saturated heterocycles. The van der Waals surface area contributed by atoms with Crippen LogP contribution in [0.4, 0.5) is 5.82 Å². The highest BCUT2D eigenvalue weighted by Crippen LogP contribution is 2.23. The molecule has 94 valence electrons. The van der Waals surface area contributed by atoms with Crippen molar-refractivity contribution in [3.63, 3.8) is 0 Å². The van der Waals surface area contributed by atoms with Gasteiger partial charge in [0, 0.05) is 25.3 Å². The van der Waals surface area contributed by atoms with Gasteiger partial charge < -0.3 is 10.6 Å². The van der Waals surface area contributed by atoms with Crippen molar-refractivity contribution < 1.29 is 0 Å². The normalized spacial score (nSPS) is 18.2. The minimum Gasteiger partial charge on any atom is -0.357 e. The smallest absolute Gasteiger partial charge is 0.128 e. The van der Waals surface area contributed by atoms with Gasteiger partial charge in [-0.05, 0) is 49.8 Å². The maximum Gasteiger partial charge on any atom is 0.128 e. The molecule has 1 aliphatic rings. The lowest BCUT2D eigenvalue weighted by atomic mass is 10.0. The summed E-state index contributed by atoms with van der Waals surface area (Å²) >= 11 is 0. The molecule has 0 aromatic carbocycles. The molecule has 0 spiro atoms. The second kappa shape index (κ2) is 5.50. The van der Waals surface area contributed by atoms with Crippen LogP contribution in [0.2, 0.25) is 0 Å². The first-order valence-corrected chi connectivity index (χ1v) is 6.69. The molecular formula is C14H23N3. The summed E-state index contributed by atoms with van der Waals surface area (Å²) in [5, 5.41) is 0. The predicted molar refractivity (Wildman–Crippen MR) is 72.3 cm³/mol. The van der Waals surface area contributed by atoms with E-state index in [1.54, 1.807) is 0 Å². The average molecular weight is 233 g/mol. The minimum absolute atomic E-state index is 0.123. The van der Waals surface area contributed by atoms with Crippen molar-refractivity contribution in [3.05, 3.63) is 23.4 Å². The summed E-state index contributed by atoms with van der Waals surface area (Å²) < 4.78 is 0. The third kappa shape index (κ3) is 2.78. The fourth-order valence-electron chi connectivity index (χ4n) is 2.46. The highest BCUT2D eigenvalue weighted by Gasteiger charge is 2.14. The molecule has 1 unspecified atom stereocenters. The molecule has 2 rings (SSSR count). The van der Waals surface area contributed by atoms with Gasteiger partial charge in [-0.3, -0.25) is 0 Å². The van der Waals surface area contributed by atoms with Crippen LogP contribution in [0.3, 0.4) is 0 Å². The quantitative estimate of drug-likeness (QED) is 0.873. The van der Waals surface area contributed by atoms with E-state index in [9.17, 15) is 0 Å². The molecule has 1 aliphatic heterocycles. The van der Waals surface area contributed by atoms with Crippen molar-refractivity contribution in [2.75, 3.05) is 18.0 Å². The Kier molecular flexibility index (Phi) is 4.00. The van der Waals surface area contributed by atoms with E-state index in [0.717, 1.165) is 25.3 Å². The van der Waals surface area contributed by atoms with Gasteiger partial charge in [0.25, 0.3) is 0 Å². The van der Waals surface area contributed by atoms with Crippen LogP contribution < -0.4 is 10.6 Å². The summed E-state index contributed by atoms with van der Waals surface area (Å²) in [6.45, 7) is 6.54. The Labute approximate surface area is 104 Å². The van der Waals surface area contributed by atoms with E-state index in [4.69, 9.17) is 5.73 Å². The Balaban J connectivity index is 2.17. The summed E-state index contributed by atoms with van der Waals surface area (Å²) in [5.41, 5.74) is 8.53. The number of anilines is 1. The van der Waals surface area contributed by atoms with Gasteiger partial charge in [0.05, 0.1) is 0 Å². The highest BCUT2D eigenvalue weighted by molar-refractivity contribution is 5.44. The lowest BCUT2D eigenvalue weighted by Crippen LogP contribution is -2.30. The summed E-state index contributed by atoms with van der Waals surface area (Å²) in [5.74, 6) is 1.12. The number of rotatable bonds is 3. The van der Waals surface area contributed by atoms with Crippen molar-refractivity contribution in [1.29, 1.82) is 0 Å². The van der Waals surface area contributed by atoms with Crippen molar-refractivity contribution in [2.45, 2.75) is 45.6 Å². The highest BCUT2D eigenvalue weighted by atomic mass is 15.2. The maximum atomic E-state index is 6.07. The van der Waals surface area contributed by atoms with Crippen molar-refractivity contribution in [2.24, 2.45) is 5.73 Å². The first-order valence-electron chi connectivity index (χ1n) is 6.69. The zero-order valence-electron chi connectivity index (χ0n) is 10.9. The first-order chi connectivity index (χ1) is 8.22. The van der Waals surface area contributed by atoms with Gasteiger partial charge in [-0.2, -0.15) is 0 Å². The molecule has 1 fully saturated rings. The summed E-state index contributed by atoms with van der Waals surface area (Å²) in [6, 6.07) is 2.31. The molecular weight excluding hydrogens is 210 g/mol. The molecule has 2 N–H and O–H groups in total. The van der Waals surface area contributed by atoms with Gasteiger partial charge in [-0.25, -0.2) is 4.98 Å². The number of pyridine rings is 1. The monoisotopic (exact) mass is 233 g/mol. The second-order valence-electron chi connectivity index (χ2n) is 4.96. The number of aryl methyl sites for hydroxylation is 1. The van der Waals surface area contributed by atoms with Crippen molar-refractivity contribution >= 4 is 5.82 Å². The minimum atomic E-state index is 0.123. The molecule has 3 nitrogen and oxygen atoms in total. The number of aromatic nitrogens is 1. The Bertz CT molecular complexity index is 370. The van der Waals surface area contributed by atoms with E-state index in [1.807, 2.05) is 6.20 Å². The van der Waals surface area contributed by atoms with Gasteiger partial charge in [0.2, 0.25) is 0 Å². The molecule has 1 atom stereocenters. The Hall–Kier alpha value is -1.09. The zero-order chi connectivity index (χ0) is 12.3. The molecule has 1 aromatic rings. The molecule has 0 bridgehead atoms. The Morgan fingerprint density at radius 3 is 2.65 bits per heavy atom. The van der Waals surface area contributed by atoms with E-state index >= 15 is 0 Å². The van der Waals surface area contributed by atoms with E-state index in [1.165, 1.54) is 30.4 Å². The SMILES string of the molecule is CCC(N)c1cnc(N2CCCCC2)cc1C. The predicted octanol–water partition coefficient (Wildman–Crippen LogP) is 2.79. The third-order valence-corrected chi connectivity index (χ3v) is 3.66. The molecule has 1 aromatic heterocycles. The van der Waals surface area contributed by atoms with Crippen LogP contribution in [-0.2, 0) is 0 Å². The molecule has 17 heavy (non-hydrogen) atoms. The largest absolute Gasteiger partial charge is 0.357 e. The zero-order valence-corrected chi connectivity index (χ0v) is 10.9. The van der Waals surface area contributed by atoms with Gasteiger partial charge in [-0.1, -0.05) is 6.92 Å². The molecule has 0 amide bonds. The van der Waals surface area contributed by atoms with E-state index in [2.05, 4.69) is 29.8 Å². The fraction of sp³-hybridized carbons (Fsp3) is 0.643. The molecule has 0 saturated carbocycles. The van der Waals surface area contributed by atoms with Crippen LogP contribution >= 0.6 is 0 Å². The Morgan fingerprint density at radius 1 is 1.35 bits per heavy atom. The summed E-state index contributed by atoms with van der Waals surface area (Å²) in [7, 11) is 0. The number of hydrogen-bond donors (Lipinski definition) is 1. The third-order valence-electron chi connectivity index (χ3n) is 3.66. The van der Waals surface area contributed by atoms with Crippen LogP contribution in [-0.4, -0.2) is 18.1 Å². The molecule has 2 heterocycles. The lowest BCUT2D eigenvalue weighted by molar-refractivity contribution is 0.572. The molecule has 0 radical (unpaired) electrons. The lowest BCUT2D eigenvalue weighted by Gasteiger charge is -2.28. The van der Waals surface area contributed by atoms with E-state index in [0.29, 0.717) is 0 Å². The van der Waals surface area contributed by atoms with Gasteiger partial charge in [0.15, 0.2) is 0 Å². The Morgan fingerprint density at radius 2 is 2.06 bits per heavy atom. The molecule has 3 heteroatoms.